The largest absolute Gasteiger partial charge is 0.492 e. The average molecular weight is 552 g/mol. The summed E-state index contributed by atoms with van der Waals surface area (Å²) in [6, 6.07) is 7.73. The summed E-state index contributed by atoms with van der Waals surface area (Å²) in [5.74, 6) is 0.726. The van der Waals surface area contributed by atoms with Crippen molar-refractivity contribution in [2.24, 2.45) is 5.92 Å². The summed E-state index contributed by atoms with van der Waals surface area (Å²) < 4.78 is 25.3. The van der Waals surface area contributed by atoms with Crippen molar-refractivity contribution in [1.82, 2.24) is 9.97 Å². The lowest BCUT2D eigenvalue weighted by Crippen LogP contribution is -2.30. The molecule has 0 N–H and O–H groups in total. The molecule has 1 heterocycles. The number of rotatable bonds is 17. The van der Waals surface area contributed by atoms with Crippen molar-refractivity contribution in [3.05, 3.63) is 41.7 Å². The molecule has 2 aromatic rings. The van der Waals surface area contributed by atoms with E-state index in [4.69, 9.17) is 9.47 Å². The number of alkyl halides is 1. The SMILES string of the molecule is CCCCCCCCCc1cnc(-c2ccc(OCC3CCC(OC(=O)[C@@H](F)CCCC)CC3)c(C#N)c2)nc1. The van der Waals surface area contributed by atoms with Crippen LogP contribution < -0.4 is 4.74 Å². The predicted molar refractivity (Wildman–Crippen MR) is 156 cm³/mol. The highest BCUT2D eigenvalue weighted by molar-refractivity contribution is 5.74. The van der Waals surface area contributed by atoms with Crippen LogP contribution in [-0.2, 0) is 16.0 Å². The van der Waals surface area contributed by atoms with Crippen LogP contribution in [0.2, 0.25) is 0 Å². The van der Waals surface area contributed by atoms with E-state index in [9.17, 15) is 14.4 Å². The minimum absolute atomic E-state index is 0.223. The van der Waals surface area contributed by atoms with Gasteiger partial charge in [0, 0.05) is 18.0 Å². The van der Waals surface area contributed by atoms with Gasteiger partial charge in [-0.25, -0.2) is 19.2 Å². The highest BCUT2D eigenvalue weighted by Crippen LogP contribution is 2.30. The van der Waals surface area contributed by atoms with Crippen molar-refractivity contribution in [1.29, 1.82) is 5.26 Å². The maximum absolute atomic E-state index is 13.9. The van der Waals surface area contributed by atoms with Crippen LogP contribution in [0.5, 0.6) is 5.75 Å². The van der Waals surface area contributed by atoms with Crippen molar-refractivity contribution >= 4 is 5.97 Å². The third-order valence-electron chi connectivity index (χ3n) is 7.75. The van der Waals surface area contributed by atoms with E-state index in [1.807, 2.05) is 31.5 Å². The van der Waals surface area contributed by atoms with Crippen LogP contribution in [0.3, 0.4) is 0 Å². The fourth-order valence-corrected chi connectivity index (χ4v) is 5.16. The first-order valence-corrected chi connectivity index (χ1v) is 15.4. The first-order chi connectivity index (χ1) is 19.5. The Morgan fingerprint density at radius 1 is 1.00 bits per heavy atom. The maximum Gasteiger partial charge on any atom is 0.340 e. The Balaban J connectivity index is 1.43. The molecule has 0 unspecified atom stereocenters. The monoisotopic (exact) mass is 551 g/mol. The summed E-state index contributed by atoms with van der Waals surface area (Å²) >= 11 is 0. The molecule has 0 spiro atoms. The third kappa shape index (κ3) is 10.5. The number of halogens is 1. The number of esters is 1. The van der Waals surface area contributed by atoms with Gasteiger partial charge in [-0.1, -0.05) is 65.2 Å². The van der Waals surface area contributed by atoms with Gasteiger partial charge in [-0.15, -0.1) is 0 Å². The number of hydrogen-bond donors (Lipinski definition) is 0. The smallest absolute Gasteiger partial charge is 0.340 e. The zero-order valence-electron chi connectivity index (χ0n) is 24.4. The Bertz CT molecular complexity index is 1060. The van der Waals surface area contributed by atoms with Crippen LogP contribution in [-0.4, -0.2) is 34.8 Å². The van der Waals surface area contributed by atoms with Gasteiger partial charge in [0.15, 0.2) is 12.0 Å². The number of carbonyl (C=O) groups is 1. The lowest BCUT2D eigenvalue weighted by Gasteiger charge is -2.28. The number of benzene rings is 1. The van der Waals surface area contributed by atoms with E-state index in [-0.39, 0.29) is 12.5 Å². The van der Waals surface area contributed by atoms with Crippen LogP contribution in [0.15, 0.2) is 30.6 Å². The van der Waals surface area contributed by atoms with E-state index >= 15 is 0 Å². The average Bonchev–Trinajstić information content (AvgIpc) is 2.99. The maximum atomic E-state index is 13.9. The molecule has 0 amide bonds. The molecule has 1 aromatic heterocycles. The minimum atomic E-state index is -1.52. The second-order valence-corrected chi connectivity index (χ2v) is 11.1. The van der Waals surface area contributed by atoms with Gasteiger partial charge in [0.2, 0.25) is 0 Å². The number of unbranched alkanes of at least 4 members (excludes halogenated alkanes) is 7. The zero-order valence-corrected chi connectivity index (χ0v) is 24.4. The summed E-state index contributed by atoms with van der Waals surface area (Å²) in [5.41, 5.74) is 2.39. The molecule has 40 heavy (non-hydrogen) atoms. The fraction of sp³-hybridized carbons (Fsp3) is 0.636. The van der Waals surface area contributed by atoms with Crippen LogP contribution in [0, 0.1) is 17.2 Å². The van der Waals surface area contributed by atoms with Gasteiger partial charge in [-0.3, -0.25) is 0 Å². The van der Waals surface area contributed by atoms with Crippen LogP contribution in [0.1, 0.15) is 115 Å². The number of ether oxygens (including phenoxy) is 2. The highest BCUT2D eigenvalue weighted by atomic mass is 19.1. The number of aromatic nitrogens is 2. The summed E-state index contributed by atoms with van der Waals surface area (Å²) in [7, 11) is 0. The molecule has 1 aliphatic carbocycles. The number of carbonyl (C=O) groups excluding carboxylic acids is 1. The zero-order chi connectivity index (χ0) is 28.6. The summed E-state index contributed by atoms with van der Waals surface area (Å²) in [4.78, 5) is 21.0. The van der Waals surface area contributed by atoms with E-state index in [1.54, 1.807) is 6.07 Å². The molecule has 0 aliphatic heterocycles. The Kier molecular flexibility index (Phi) is 13.9. The van der Waals surface area contributed by atoms with Crippen molar-refractivity contribution in [2.45, 2.75) is 122 Å². The van der Waals surface area contributed by atoms with E-state index in [2.05, 4.69) is 23.0 Å². The molecule has 1 aromatic carbocycles. The molecule has 0 radical (unpaired) electrons. The molecule has 218 valence electrons. The molecule has 1 atom stereocenters. The molecule has 1 aliphatic rings. The first kappa shape index (κ1) is 31.5. The molecule has 3 rings (SSSR count). The Labute approximate surface area is 239 Å². The van der Waals surface area contributed by atoms with E-state index in [1.165, 1.54) is 38.5 Å². The lowest BCUT2D eigenvalue weighted by molar-refractivity contribution is -0.157. The topological polar surface area (TPSA) is 85.1 Å². The standard InChI is InChI=1S/C33H46FN3O3/c1-3-5-7-8-9-10-11-12-26-22-36-32(37-23-26)27-16-19-31(28(20-27)21-35)39-24-25-14-17-29(18-15-25)40-33(38)30(34)13-6-4-2/h16,19-20,22-23,25,29-30H,3-15,17-18,24H2,1-2H3/t25?,29?,30-/m0/s1. The minimum Gasteiger partial charge on any atom is -0.492 e. The first-order valence-electron chi connectivity index (χ1n) is 15.4. The van der Waals surface area contributed by atoms with Gasteiger partial charge in [0.1, 0.15) is 17.9 Å². The van der Waals surface area contributed by atoms with Crippen LogP contribution in [0.25, 0.3) is 11.4 Å². The number of aryl methyl sites for hydroxylation is 1. The fourth-order valence-electron chi connectivity index (χ4n) is 5.16. The molecule has 7 heteroatoms. The molecule has 6 nitrogen and oxygen atoms in total. The normalized spacial score (nSPS) is 17.6. The Morgan fingerprint density at radius 2 is 1.68 bits per heavy atom. The second-order valence-electron chi connectivity index (χ2n) is 11.1. The van der Waals surface area contributed by atoms with Gasteiger partial charge < -0.3 is 9.47 Å². The summed E-state index contributed by atoms with van der Waals surface area (Å²) in [6.07, 6.45) is 16.8. The van der Waals surface area contributed by atoms with E-state index < -0.39 is 12.1 Å². The van der Waals surface area contributed by atoms with Crippen LogP contribution in [0.4, 0.5) is 4.39 Å². The van der Waals surface area contributed by atoms with Gasteiger partial charge in [0.05, 0.1) is 12.2 Å². The predicted octanol–water partition coefficient (Wildman–Crippen LogP) is 8.32. The third-order valence-corrected chi connectivity index (χ3v) is 7.75. The van der Waals surface area contributed by atoms with Gasteiger partial charge in [0.25, 0.3) is 0 Å². The van der Waals surface area contributed by atoms with Crippen molar-refractivity contribution < 1.29 is 18.7 Å². The van der Waals surface area contributed by atoms with Gasteiger partial charge in [-0.2, -0.15) is 5.26 Å². The quantitative estimate of drug-likeness (QED) is 0.145. The van der Waals surface area contributed by atoms with Crippen molar-refractivity contribution in [3.63, 3.8) is 0 Å². The van der Waals surface area contributed by atoms with Gasteiger partial charge >= 0.3 is 5.97 Å². The number of hydrogen-bond acceptors (Lipinski definition) is 6. The van der Waals surface area contributed by atoms with Crippen LogP contribution >= 0.6 is 0 Å². The molecular formula is C33H46FN3O3. The molecule has 1 saturated carbocycles. The van der Waals surface area contributed by atoms with E-state index in [0.717, 1.165) is 43.2 Å². The molecule has 0 saturated heterocycles. The Morgan fingerprint density at radius 3 is 2.35 bits per heavy atom. The molecule has 0 bridgehead atoms. The number of nitriles is 1. The van der Waals surface area contributed by atoms with E-state index in [0.29, 0.717) is 48.9 Å². The Hall–Kier alpha value is -3.01. The highest BCUT2D eigenvalue weighted by Gasteiger charge is 2.27. The molecule has 1 fully saturated rings. The molecular weight excluding hydrogens is 505 g/mol. The van der Waals surface area contributed by atoms with Crippen molar-refractivity contribution in [2.75, 3.05) is 6.61 Å². The second kappa shape index (κ2) is 17.6. The number of nitrogens with zero attached hydrogens (tertiary/aromatic N) is 3. The summed E-state index contributed by atoms with van der Waals surface area (Å²) in [6.45, 7) is 4.70. The van der Waals surface area contributed by atoms with Crippen molar-refractivity contribution in [3.8, 4) is 23.2 Å². The summed E-state index contributed by atoms with van der Waals surface area (Å²) in [5, 5.41) is 9.73. The van der Waals surface area contributed by atoms with Gasteiger partial charge in [-0.05, 0) is 74.6 Å². The lowest BCUT2D eigenvalue weighted by atomic mass is 9.88.